The molecule has 9 heteroatoms. The van der Waals surface area contributed by atoms with Crippen LogP contribution in [0.4, 0.5) is 17.6 Å². The van der Waals surface area contributed by atoms with Crippen LogP contribution in [0.3, 0.4) is 0 Å². The Kier molecular flexibility index (Phi) is 4.92. The molecule has 3 heterocycles. The first-order valence-corrected chi connectivity index (χ1v) is 9.71. The van der Waals surface area contributed by atoms with Crippen LogP contribution in [0.15, 0.2) is 6.07 Å². The maximum atomic E-state index is 12.2. The van der Waals surface area contributed by atoms with Crippen LogP contribution < -0.4 is 10.2 Å². The number of rotatable bonds is 5. The van der Waals surface area contributed by atoms with Crippen molar-refractivity contribution in [2.24, 2.45) is 0 Å². The number of nitrogens with one attached hydrogen (secondary N) is 2. The predicted octanol–water partition coefficient (Wildman–Crippen LogP) is 1.67. The van der Waals surface area contributed by atoms with E-state index in [9.17, 15) is 9.90 Å². The lowest BCUT2D eigenvalue weighted by Gasteiger charge is -2.23. The Labute approximate surface area is 163 Å². The van der Waals surface area contributed by atoms with Gasteiger partial charge in [0.2, 0.25) is 5.95 Å². The number of aliphatic hydroxyl groups excluding tert-OH is 1. The quantitative estimate of drug-likeness (QED) is 0.665. The van der Waals surface area contributed by atoms with Gasteiger partial charge in [-0.15, -0.1) is 0 Å². The summed E-state index contributed by atoms with van der Waals surface area (Å²) in [6, 6.07) is 1.40. The second-order valence-electron chi connectivity index (χ2n) is 7.72. The molecular weight excluding hydrogens is 360 g/mol. The molecule has 1 saturated heterocycles. The van der Waals surface area contributed by atoms with E-state index < -0.39 is 12.1 Å². The lowest BCUT2D eigenvalue weighted by atomic mass is 10.1. The van der Waals surface area contributed by atoms with Gasteiger partial charge in [0.1, 0.15) is 11.9 Å². The van der Waals surface area contributed by atoms with E-state index in [0.29, 0.717) is 36.5 Å². The zero-order chi connectivity index (χ0) is 19.8. The maximum Gasteiger partial charge on any atom is 0.328 e. The number of hydrogen-bond donors (Lipinski definition) is 3. The van der Waals surface area contributed by atoms with Gasteiger partial charge in [0, 0.05) is 30.3 Å². The van der Waals surface area contributed by atoms with Crippen molar-refractivity contribution in [3.63, 3.8) is 0 Å². The Bertz CT molecular complexity index is 881. The fraction of sp³-hybridized carbons (Fsp3) is 0.579. The molecule has 0 aromatic carbocycles. The van der Waals surface area contributed by atoms with Crippen molar-refractivity contribution in [1.82, 2.24) is 20.2 Å². The molecule has 150 valence electrons. The third-order valence-corrected chi connectivity index (χ3v) is 5.40. The van der Waals surface area contributed by atoms with E-state index in [0.717, 1.165) is 36.2 Å². The normalized spacial score (nSPS) is 21.2. The van der Waals surface area contributed by atoms with Crippen LogP contribution in [0, 0.1) is 0 Å². The number of aromatic nitrogens is 4. The number of ether oxygens (including phenoxy) is 1. The fourth-order valence-electron chi connectivity index (χ4n) is 3.86. The summed E-state index contributed by atoms with van der Waals surface area (Å²) in [7, 11) is 1.35. The molecule has 0 unspecified atom stereocenters. The summed E-state index contributed by atoms with van der Waals surface area (Å²) < 4.78 is 4.90. The minimum atomic E-state index is -0.614. The Morgan fingerprint density at radius 3 is 2.93 bits per heavy atom. The number of H-pyrrole nitrogens is 1. The number of nitrogens with zero attached hydrogens (tertiary/aromatic N) is 4. The monoisotopic (exact) mass is 386 g/mol. The molecule has 1 aliphatic carbocycles. The summed E-state index contributed by atoms with van der Waals surface area (Å²) in [6.45, 7) is 4.50. The van der Waals surface area contributed by atoms with Crippen molar-refractivity contribution in [3.8, 4) is 0 Å². The summed E-state index contributed by atoms with van der Waals surface area (Å²) >= 11 is 0. The zero-order valence-corrected chi connectivity index (χ0v) is 16.4. The topological polar surface area (TPSA) is 116 Å². The molecule has 0 amide bonds. The van der Waals surface area contributed by atoms with Gasteiger partial charge >= 0.3 is 5.97 Å². The first-order valence-electron chi connectivity index (χ1n) is 9.71. The average molecular weight is 386 g/mol. The van der Waals surface area contributed by atoms with Crippen LogP contribution >= 0.6 is 0 Å². The summed E-state index contributed by atoms with van der Waals surface area (Å²) in [6.07, 6.45) is 2.49. The predicted molar refractivity (Wildman–Crippen MR) is 104 cm³/mol. The number of carbonyl (C=O) groups excluding carboxylic acids is 1. The van der Waals surface area contributed by atoms with Gasteiger partial charge < -0.3 is 20.1 Å². The zero-order valence-electron chi connectivity index (χ0n) is 16.4. The second kappa shape index (κ2) is 7.38. The lowest BCUT2D eigenvalue weighted by Crippen LogP contribution is -2.38. The molecule has 0 radical (unpaired) electrons. The molecule has 1 fully saturated rings. The van der Waals surface area contributed by atoms with E-state index in [2.05, 4.69) is 29.4 Å². The summed E-state index contributed by atoms with van der Waals surface area (Å²) in [5, 5.41) is 20.8. The Morgan fingerprint density at radius 1 is 1.39 bits per heavy atom. The van der Waals surface area contributed by atoms with Crippen LogP contribution in [-0.2, 0) is 22.4 Å². The van der Waals surface area contributed by atoms with Crippen molar-refractivity contribution >= 4 is 23.6 Å². The number of carbonyl (C=O) groups is 1. The third-order valence-electron chi connectivity index (χ3n) is 5.40. The van der Waals surface area contributed by atoms with Gasteiger partial charge in [0.15, 0.2) is 5.82 Å². The van der Waals surface area contributed by atoms with Gasteiger partial charge in [-0.1, -0.05) is 13.8 Å². The number of fused-ring (bicyclic) bond motifs is 1. The molecule has 2 atom stereocenters. The maximum absolute atomic E-state index is 12.2. The minimum absolute atomic E-state index is 0.303. The van der Waals surface area contributed by atoms with Gasteiger partial charge in [-0.3, -0.25) is 5.10 Å². The van der Waals surface area contributed by atoms with Crippen LogP contribution in [0.5, 0.6) is 0 Å². The van der Waals surface area contributed by atoms with Crippen LogP contribution in [0.2, 0.25) is 0 Å². The number of esters is 1. The molecular formula is C19H26N6O3. The number of aliphatic hydroxyl groups is 1. The Morgan fingerprint density at radius 2 is 2.21 bits per heavy atom. The minimum Gasteiger partial charge on any atom is -0.467 e. The molecule has 4 rings (SSSR count). The molecule has 9 nitrogen and oxygen atoms in total. The summed E-state index contributed by atoms with van der Waals surface area (Å²) in [5.41, 5.74) is 3.12. The Hall–Kier alpha value is -2.68. The van der Waals surface area contributed by atoms with E-state index in [1.807, 2.05) is 6.07 Å². The van der Waals surface area contributed by atoms with Crippen molar-refractivity contribution in [1.29, 1.82) is 0 Å². The molecule has 2 aromatic heterocycles. The summed E-state index contributed by atoms with van der Waals surface area (Å²) in [5.74, 6) is 1.82. The van der Waals surface area contributed by atoms with Crippen LogP contribution in [0.25, 0.3) is 0 Å². The molecule has 3 N–H and O–H groups in total. The standard InChI is InChI=1S/C19H26N6O3/c1-10(2)14-8-16(24-23-14)21-17-12-5-4-6-13(12)20-19(22-17)25-9-11(26)7-15(25)18(27)28-3/h8,10-11,15,26H,4-7,9H2,1-3H3,(H2,20,21,22,23,24)/t11-,15+/m1/s1. The van der Waals surface area contributed by atoms with Gasteiger partial charge in [-0.2, -0.15) is 10.1 Å². The highest BCUT2D eigenvalue weighted by Gasteiger charge is 2.39. The molecule has 0 saturated carbocycles. The van der Waals surface area contributed by atoms with Crippen molar-refractivity contribution < 1.29 is 14.6 Å². The number of aryl methyl sites for hydroxylation is 1. The van der Waals surface area contributed by atoms with Crippen LogP contribution in [0.1, 0.15) is 49.6 Å². The number of β-amino-alcohol motifs (C(OH)–C–C–N with tert-alkyl or cyclic N) is 1. The molecule has 2 aromatic rings. The SMILES string of the molecule is COC(=O)[C@@H]1C[C@@H](O)CN1c1nc2c(c(Nc3cc(C(C)C)[nH]n3)n1)CCC2. The Balaban J connectivity index is 1.68. The highest BCUT2D eigenvalue weighted by molar-refractivity contribution is 5.80. The van der Waals surface area contributed by atoms with Crippen LogP contribution in [-0.4, -0.2) is 57.0 Å². The van der Waals surface area contributed by atoms with Crippen molar-refractivity contribution in [3.05, 3.63) is 23.0 Å². The fourth-order valence-corrected chi connectivity index (χ4v) is 3.86. The summed E-state index contributed by atoms with van der Waals surface area (Å²) in [4.78, 5) is 23.3. The number of anilines is 3. The number of methoxy groups -OCH3 is 1. The largest absolute Gasteiger partial charge is 0.467 e. The molecule has 0 spiro atoms. The molecule has 0 bridgehead atoms. The van der Waals surface area contributed by atoms with E-state index in [1.54, 1.807) is 4.90 Å². The lowest BCUT2D eigenvalue weighted by molar-refractivity contribution is -0.142. The van der Waals surface area contributed by atoms with E-state index in [-0.39, 0.29) is 5.97 Å². The first-order chi connectivity index (χ1) is 13.5. The van der Waals surface area contributed by atoms with Crippen molar-refractivity contribution in [2.45, 2.75) is 57.6 Å². The highest BCUT2D eigenvalue weighted by Crippen LogP contribution is 2.33. The third kappa shape index (κ3) is 3.42. The number of hydrogen-bond acceptors (Lipinski definition) is 8. The van der Waals surface area contributed by atoms with E-state index >= 15 is 0 Å². The molecule has 1 aliphatic heterocycles. The number of aromatic amines is 1. The van der Waals surface area contributed by atoms with Gasteiger partial charge in [0.05, 0.1) is 18.9 Å². The molecule has 28 heavy (non-hydrogen) atoms. The van der Waals surface area contributed by atoms with E-state index in [4.69, 9.17) is 14.7 Å². The van der Waals surface area contributed by atoms with Gasteiger partial charge in [-0.25, -0.2) is 9.78 Å². The van der Waals surface area contributed by atoms with E-state index in [1.165, 1.54) is 7.11 Å². The first kappa shape index (κ1) is 18.7. The van der Waals surface area contributed by atoms with Gasteiger partial charge in [-0.05, 0) is 25.2 Å². The van der Waals surface area contributed by atoms with Crippen molar-refractivity contribution in [2.75, 3.05) is 23.9 Å². The average Bonchev–Trinajstić information content (AvgIpc) is 3.39. The highest BCUT2D eigenvalue weighted by atomic mass is 16.5. The molecule has 2 aliphatic rings. The van der Waals surface area contributed by atoms with Gasteiger partial charge in [0.25, 0.3) is 0 Å². The smallest absolute Gasteiger partial charge is 0.328 e. The second-order valence-corrected chi connectivity index (χ2v) is 7.72.